The van der Waals surface area contributed by atoms with Crippen molar-refractivity contribution in [3.8, 4) is 0 Å². The molecule has 0 bridgehead atoms. The van der Waals surface area contributed by atoms with Gasteiger partial charge in [-0.05, 0) is 44.2 Å². The van der Waals surface area contributed by atoms with Gasteiger partial charge in [-0.3, -0.25) is 0 Å². The van der Waals surface area contributed by atoms with Gasteiger partial charge >= 0.3 is 0 Å². The molecule has 0 aliphatic rings. The fraction of sp³-hybridized carbons (Fsp3) is 0.500. The highest BCUT2D eigenvalue weighted by Gasteiger charge is 2.10. The molecule has 1 atom stereocenters. The van der Waals surface area contributed by atoms with E-state index in [0.29, 0.717) is 13.0 Å². The third kappa shape index (κ3) is 4.29. The second-order valence-corrected chi connectivity index (χ2v) is 5.90. The van der Waals surface area contributed by atoms with Crippen molar-refractivity contribution in [3.05, 3.63) is 24.3 Å². The van der Waals surface area contributed by atoms with E-state index >= 15 is 0 Å². The predicted molar refractivity (Wildman–Crippen MR) is 72.1 cm³/mol. The predicted octanol–water partition coefficient (Wildman–Crippen LogP) is 1.17. The van der Waals surface area contributed by atoms with Crippen molar-refractivity contribution >= 4 is 15.7 Å². The first-order valence-electron chi connectivity index (χ1n) is 5.95. The second kappa shape index (κ2) is 6.72. The van der Waals surface area contributed by atoms with E-state index in [1.807, 2.05) is 6.92 Å². The Morgan fingerprint density at radius 1 is 1.28 bits per heavy atom. The Hall–Kier alpha value is -1.11. The number of sulfonamides is 1. The summed E-state index contributed by atoms with van der Waals surface area (Å²) in [6.07, 6.45) is 1.12. The molecule has 0 spiro atoms. The summed E-state index contributed by atoms with van der Waals surface area (Å²) in [6.45, 7) is 2.59. The lowest BCUT2D eigenvalue weighted by Gasteiger charge is -2.10. The van der Waals surface area contributed by atoms with Crippen LogP contribution in [0.15, 0.2) is 29.2 Å². The van der Waals surface area contributed by atoms with Crippen molar-refractivity contribution in [2.45, 2.75) is 30.8 Å². The van der Waals surface area contributed by atoms with E-state index in [4.69, 9.17) is 0 Å². The monoisotopic (exact) mass is 272 g/mol. The summed E-state index contributed by atoms with van der Waals surface area (Å²) >= 11 is 0. The molecule has 1 rings (SSSR count). The normalized spacial score (nSPS) is 13.3. The minimum absolute atomic E-state index is 0.240. The molecule has 0 radical (unpaired) electrons. The number of aliphatic hydroxyl groups excluding tert-OH is 1. The highest BCUT2D eigenvalue weighted by molar-refractivity contribution is 7.89. The molecule has 18 heavy (non-hydrogen) atoms. The molecular formula is C12H20N2O3S. The van der Waals surface area contributed by atoms with Gasteiger partial charge in [0.25, 0.3) is 0 Å². The molecular weight excluding hydrogens is 252 g/mol. The van der Waals surface area contributed by atoms with Crippen LogP contribution in [0.1, 0.15) is 19.8 Å². The topological polar surface area (TPSA) is 78.4 Å². The Morgan fingerprint density at radius 2 is 1.89 bits per heavy atom. The lowest BCUT2D eigenvalue weighted by molar-refractivity contribution is 0.164. The van der Waals surface area contributed by atoms with Gasteiger partial charge in [-0.2, -0.15) is 0 Å². The number of anilines is 1. The highest BCUT2D eigenvalue weighted by Crippen LogP contribution is 2.13. The van der Waals surface area contributed by atoms with Crippen LogP contribution in [0.3, 0.4) is 0 Å². The van der Waals surface area contributed by atoms with Gasteiger partial charge in [0.1, 0.15) is 0 Å². The second-order valence-electron chi connectivity index (χ2n) is 4.01. The van der Waals surface area contributed by atoms with Gasteiger partial charge in [0, 0.05) is 12.2 Å². The average molecular weight is 272 g/mol. The molecule has 6 heteroatoms. The van der Waals surface area contributed by atoms with Crippen molar-refractivity contribution < 1.29 is 13.5 Å². The van der Waals surface area contributed by atoms with E-state index in [9.17, 15) is 13.5 Å². The maximum atomic E-state index is 11.5. The number of hydrogen-bond donors (Lipinski definition) is 3. The van der Waals surface area contributed by atoms with Gasteiger partial charge in [-0.15, -0.1) is 0 Å². The summed E-state index contributed by atoms with van der Waals surface area (Å²) in [5, 5.41) is 12.5. The average Bonchev–Trinajstić information content (AvgIpc) is 2.39. The molecule has 0 amide bonds. The van der Waals surface area contributed by atoms with E-state index in [2.05, 4.69) is 10.0 Å². The molecule has 0 saturated heterocycles. The molecule has 1 unspecified atom stereocenters. The van der Waals surface area contributed by atoms with E-state index < -0.39 is 10.0 Å². The Kier molecular flexibility index (Phi) is 5.58. The largest absolute Gasteiger partial charge is 0.393 e. The van der Waals surface area contributed by atoms with Gasteiger partial charge < -0.3 is 10.4 Å². The smallest absolute Gasteiger partial charge is 0.240 e. The fourth-order valence-electron chi connectivity index (χ4n) is 1.46. The minimum Gasteiger partial charge on any atom is -0.393 e. The van der Waals surface area contributed by atoms with Crippen molar-refractivity contribution in [1.82, 2.24) is 4.72 Å². The summed E-state index contributed by atoms with van der Waals surface area (Å²) in [4.78, 5) is 0.240. The van der Waals surface area contributed by atoms with Crippen LogP contribution in [0.5, 0.6) is 0 Å². The molecule has 0 fully saturated rings. The van der Waals surface area contributed by atoms with Crippen LogP contribution in [0.25, 0.3) is 0 Å². The molecule has 0 heterocycles. The molecule has 0 saturated carbocycles. The molecule has 0 aromatic heterocycles. The zero-order valence-electron chi connectivity index (χ0n) is 10.7. The summed E-state index contributed by atoms with van der Waals surface area (Å²) in [7, 11) is -1.99. The summed E-state index contributed by atoms with van der Waals surface area (Å²) in [6, 6.07) is 6.51. The van der Waals surface area contributed by atoms with Crippen LogP contribution < -0.4 is 10.0 Å². The van der Waals surface area contributed by atoms with E-state index in [0.717, 1.165) is 12.1 Å². The number of benzene rings is 1. The molecule has 0 aliphatic carbocycles. The van der Waals surface area contributed by atoms with Crippen molar-refractivity contribution in [2.24, 2.45) is 0 Å². The Bertz CT molecular complexity index is 457. The van der Waals surface area contributed by atoms with E-state index in [-0.39, 0.29) is 11.0 Å². The molecule has 1 aromatic carbocycles. The van der Waals surface area contributed by atoms with Crippen LogP contribution in [0.4, 0.5) is 5.69 Å². The number of hydrogen-bond acceptors (Lipinski definition) is 4. The maximum absolute atomic E-state index is 11.5. The Morgan fingerprint density at radius 3 is 2.39 bits per heavy atom. The Balaban J connectivity index is 2.56. The molecule has 102 valence electrons. The first-order chi connectivity index (χ1) is 8.49. The van der Waals surface area contributed by atoms with Gasteiger partial charge in [-0.1, -0.05) is 6.92 Å². The summed E-state index contributed by atoms with van der Waals surface area (Å²) in [5.74, 6) is 0. The van der Waals surface area contributed by atoms with Crippen molar-refractivity contribution in [2.75, 3.05) is 18.9 Å². The van der Waals surface area contributed by atoms with Gasteiger partial charge in [-0.25, -0.2) is 13.1 Å². The zero-order chi connectivity index (χ0) is 13.6. The molecule has 0 aliphatic heterocycles. The van der Waals surface area contributed by atoms with Crippen LogP contribution in [-0.2, 0) is 10.0 Å². The van der Waals surface area contributed by atoms with Crippen LogP contribution in [0, 0.1) is 0 Å². The van der Waals surface area contributed by atoms with Crippen LogP contribution in [-0.4, -0.2) is 33.2 Å². The molecule has 3 N–H and O–H groups in total. The van der Waals surface area contributed by atoms with E-state index in [1.165, 1.54) is 7.05 Å². The molecule has 1 aromatic rings. The van der Waals surface area contributed by atoms with E-state index in [1.54, 1.807) is 24.3 Å². The summed E-state index contributed by atoms with van der Waals surface area (Å²) < 4.78 is 25.2. The Labute approximate surface area is 108 Å². The quantitative estimate of drug-likeness (QED) is 0.696. The first kappa shape index (κ1) is 14.9. The van der Waals surface area contributed by atoms with Crippen LogP contribution in [0.2, 0.25) is 0 Å². The standard InChI is InChI=1S/C12H20N2O3S/c1-3-11(15)8-9-14-10-4-6-12(7-5-10)18(16,17)13-2/h4-7,11,13-15H,3,8-9H2,1-2H3. The zero-order valence-corrected chi connectivity index (χ0v) is 11.5. The van der Waals surface area contributed by atoms with Gasteiger partial charge in [0.15, 0.2) is 0 Å². The maximum Gasteiger partial charge on any atom is 0.240 e. The van der Waals surface area contributed by atoms with Crippen LogP contribution >= 0.6 is 0 Å². The first-order valence-corrected chi connectivity index (χ1v) is 7.43. The lowest BCUT2D eigenvalue weighted by atomic mass is 10.2. The third-order valence-electron chi connectivity index (χ3n) is 2.71. The van der Waals surface area contributed by atoms with Gasteiger partial charge in [0.05, 0.1) is 11.0 Å². The fourth-order valence-corrected chi connectivity index (χ4v) is 2.19. The third-order valence-corrected chi connectivity index (χ3v) is 4.14. The summed E-state index contributed by atoms with van der Waals surface area (Å²) in [5.41, 5.74) is 0.841. The highest BCUT2D eigenvalue weighted by atomic mass is 32.2. The van der Waals surface area contributed by atoms with Crippen molar-refractivity contribution in [3.63, 3.8) is 0 Å². The lowest BCUT2D eigenvalue weighted by Crippen LogP contribution is -2.18. The number of rotatable bonds is 7. The number of aliphatic hydroxyl groups is 1. The number of nitrogens with one attached hydrogen (secondary N) is 2. The SMILES string of the molecule is CCC(O)CCNc1ccc(S(=O)(=O)NC)cc1. The van der Waals surface area contributed by atoms with Crippen molar-refractivity contribution in [1.29, 1.82) is 0 Å². The molecule has 5 nitrogen and oxygen atoms in total. The minimum atomic E-state index is -3.37. The van der Waals surface area contributed by atoms with Gasteiger partial charge in [0.2, 0.25) is 10.0 Å².